The van der Waals surface area contributed by atoms with Crippen molar-refractivity contribution >= 4 is 69.8 Å². The zero-order valence-electron chi connectivity index (χ0n) is 49.0. The summed E-state index contributed by atoms with van der Waals surface area (Å²) in [7, 11) is 1.65. The van der Waals surface area contributed by atoms with Crippen molar-refractivity contribution in [3.8, 4) is 28.7 Å². The lowest BCUT2D eigenvalue weighted by molar-refractivity contribution is 0.174. The Labute approximate surface area is 475 Å². The van der Waals surface area contributed by atoms with Gasteiger partial charge in [0.05, 0.1) is 7.11 Å². The molecule has 0 bridgehead atoms. The minimum Gasteiger partial charge on any atom is -0.508 e. The minimum atomic E-state index is -0.0997. The Morgan fingerprint density at radius 3 is 1.35 bits per heavy atom. The van der Waals surface area contributed by atoms with Gasteiger partial charge in [-0.15, -0.1) is 0 Å². The Balaban J connectivity index is 0.000000174. The van der Waals surface area contributed by atoms with Gasteiger partial charge < -0.3 is 67.0 Å². The number of rotatable bonds is 13. The highest BCUT2D eigenvalue weighted by Gasteiger charge is 2.18. The lowest BCUT2D eigenvalue weighted by Gasteiger charge is -2.21. The summed E-state index contributed by atoms with van der Waals surface area (Å²) in [5.74, 6) is 8.04. The highest BCUT2D eigenvalue weighted by atomic mass is 16.7. The summed E-state index contributed by atoms with van der Waals surface area (Å²) in [5, 5.41) is 44.6. The maximum Gasteiger partial charge on any atom is 0.231 e. The van der Waals surface area contributed by atoms with Crippen LogP contribution in [-0.4, -0.2) is 86.1 Å². The quantitative estimate of drug-likeness (QED) is 0.0481. The number of aryl methyl sites for hydroxylation is 2. The van der Waals surface area contributed by atoms with Gasteiger partial charge in [0.2, 0.25) is 30.6 Å². The molecule has 4 aromatic heterocycles. The van der Waals surface area contributed by atoms with Crippen molar-refractivity contribution in [3.05, 3.63) is 139 Å². The van der Waals surface area contributed by atoms with Crippen molar-refractivity contribution in [2.75, 3.05) is 56.4 Å². The molecule has 10 N–H and O–H groups in total. The number of benzene rings is 4. The summed E-state index contributed by atoms with van der Waals surface area (Å²) in [4.78, 5) is 34.8. The number of hydrogen-bond acceptors (Lipinski definition) is 21. The molecule has 9 rings (SSSR count). The molecule has 4 aromatic carbocycles. The van der Waals surface area contributed by atoms with Crippen molar-refractivity contribution in [1.82, 2.24) is 39.9 Å². The number of aromatic hydroxyl groups is 2. The van der Waals surface area contributed by atoms with Crippen LogP contribution in [0.3, 0.4) is 0 Å². The normalized spacial score (nSPS) is 11.6. The molecule has 0 saturated heterocycles. The topological polar surface area (TPSA) is 268 Å². The van der Waals surface area contributed by atoms with E-state index in [1.807, 2.05) is 68.4 Å². The van der Waals surface area contributed by atoms with E-state index in [1.54, 1.807) is 80.4 Å². The average molecular weight is 1100 g/mol. The summed E-state index contributed by atoms with van der Waals surface area (Å²) >= 11 is 0. The number of aromatic nitrogens is 8. The predicted molar refractivity (Wildman–Crippen MR) is 326 cm³/mol. The zero-order chi connectivity index (χ0) is 59.0. The minimum absolute atomic E-state index is 0.0748. The van der Waals surface area contributed by atoms with Gasteiger partial charge in [-0.3, -0.25) is 0 Å². The lowest BCUT2D eigenvalue weighted by atomic mass is 10.1. The van der Waals surface area contributed by atoms with E-state index in [9.17, 15) is 10.2 Å². The van der Waals surface area contributed by atoms with E-state index in [0.29, 0.717) is 29.6 Å². The molecule has 0 saturated carbocycles. The highest BCUT2D eigenvalue weighted by molar-refractivity contribution is 5.65. The first-order valence-corrected chi connectivity index (χ1v) is 26.3. The molecule has 1 aliphatic rings. The van der Waals surface area contributed by atoms with Crippen LogP contribution in [0.2, 0.25) is 0 Å². The number of hydrogen-bond donors (Lipinski definition) is 10. The summed E-state index contributed by atoms with van der Waals surface area (Å²) in [5.41, 5.74) is 5.02. The molecular weight excluding hydrogens is 1020 g/mol. The van der Waals surface area contributed by atoms with Crippen LogP contribution in [0.1, 0.15) is 94.2 Å². The molecule has 0 fully saturated rings. The molecule has 0 radical (unpaired) electrons. The van der Waals surface area contributed by atoms with Crippen LogP contribution in [0, 0.1) is 13.8 Å². The van der Waals surface area contributed by atoms with Crippen LogP contribution < -0.4 is 56.7 Å². The van der Waals surface area contributed by atoms with Gasteiger partial charge in [-0.25, -0.2) is 19.9 Å². The van der Waals surface area contributed by atoms with Crippen molar-refractivity contribution in [2.24, 2.45) is 0 Å². The second-order valence-electron chi connectivity index (χ2n) is 22.9. The third-order valence-corrected chi connectivity index (χ3v) is 10.4. The molecule has 8 aromatic rings. The Morgan fingerprint density at radius 1 is 0.432 bits per heavy atom. The molecule has 0 aliphatic carbocycles. The second-order valence-corrected chi connectivity index (χ2v) is 22.9. The standard InChI is InChI=1S/C16H20N4O2.2C15H20N4O.C14H18N4O/c1-10-8-17-15(20-16(2,3)4)19-14(10)18-11-5-6-12-13(7-11)22-9-21-12;1-10-9-16-14(19-15(2,3)4)18-13(10)17-11-6-5-7-12(20)8-11;1-15(2,3)19-14-16-9-8-13(18-14)17-11-6-5-7-12(10-11)20-4;1-14(2,3)18-13-15-9-8-12(17-13)16-10-4-6-11(19)7-5-10/h5-8H,9H2,1-4H3,(H2,17,18,19,20);5-9,20H,1-4H3,(H2,16,17,18,19);5-10H,1-4H3,(H2,16,17,18,19);4-9,19H,1-3H3,(H2,15,16,17,18). The first kappa shape index (κ1) is 60.8. The van der Waals surface area contributed by atoms with Gasteiger partial charge in [0.25, 0.3) is 0 Å². The molecular formula is C60H78N16O5. The number of phenols is 2. The van der Waals surface area contributed by atoms with Crippen molar-refractivity contribution in [2.45, 2.75) is 119 Å². The smallest absolute Gasteiger partial charge is 0.231 e. The van der Waals surface area contributed by atoms with Crippen LogP contribution in [-0.2, 0) is 0 Å². The number of fused-ring (bicyclic) bond motifs is 1. The molecule has 5 heterocycles. The van der Waals surface area contributed by atoms with Gasteiger partial charge in [-0.05, 0) is 170 Å². The second kappa shape index (κ2) is 27.0. The third kappa shape index (κ3) is 21.7. The number of ether oxygens (including phenoxy) is 3. The Hall–Kier alpha value is -9.40. The van der Waals surface area contributed by atoms with Crippen molar-refractivity contribution in [1.29, 1.82) is 0 Å². The summed E-state index contributed by atoms with van der Waals surface area (Å²) in [6.45, 7) is 28.9. The number of nitrogens with one attached hydrogen (secondary N) is 8. The van der Waals surface area contributed by atoms with Gasteiger partial charge in [-0.2, -0.15) is 19.9 Å². The fraction of sp³-hybridized carbons (Fsp3) is 0.333. The first-order chi connectivity index (χ1) is 38.1. The molecule has 81 heavy (non-hydrogen) atoms. The van der Waals surface area contributed by atoms with Gasteiger partial charge in [0.1, 0.15) is 40.5 Å². The summed E-state index contributed by atoms with van der Waals surface area (Å²) in [6, 6.07) is 30.8. The fourth-order valence-corrected chi connectivity index (χ4v) is 6.95. The fourth-order valence-electron chi connectivity index (χ4n) is 6.95. The molecule has 21 heteroatoms. The maximum absolute atomic E-state index is 9.48. The summed E-state index contributed by atoms with van der Waals surface area (Å²) in [6.07, 6.45) is 7.00. The Kier molecular flexibility index (Phi) is 20.3. The third-order valence-electron chi connectivity index (χ3n) is 10.4. The summed E-state index contributed by atoms with van der Waals surface area (Å²) < 4.78 is 15.9. The maximum atomic E-state index is 9.48. The zero-order valence-corrected chi connectivity index (χ0v) is 49.0. The Bertz CT molecular complexity index is 3300. The molecule has 0 unspecified atom stereocenters. The van der Waals surface area contributed by atoms with Gasteiger partial charge in [-0.1, -0.05) is 12.1 Å². The molecule has 0 amide bonds. The number of nitrogens with zero attached hydrogens (tertiary/aromatic N) is 8. The number of methoxy groups -OCH3 is 1. The predicted octanol–water partition coefficient (Wildman–Crippen LogP) is 13.5. The van der Waals surface area contributed by atoms with Crippen LogP contribution in [0.4, 0.5) is 69.8 Å². The van der Waals surface area contributed by atoms with E-state index < -0.39 is 0 Å². The number of phenolic OH excluding ortho intramolecular Hbond substituents is 2. The van der Waals surface area contributed by atoms with E-state index in [0.717, 1.165) is 68.6 Å². The van der Waals surface area contributed by atoms with E-state index in [-0.39, 0.29) is 40.4 Å². The lowest BCUT2D eigenvalue weighted by Crippen LogP contribution is -2.27. The van der Waals surface area contributed by atoms with Crippen molar-refractivity contribution < 1.29 is 24.4 Å². The van der Waals surface area contributed by atoms with Crippen LogP contribution >= 0.6 is 0 Å². The van der Waals surface area contributed by atoms with Gasteiger partial charge in [0.15, 0.2) is 11.5 Å². The van der Waals surface area contributed by atoms with E-state index in [2.05, 4.69) is 165 Å². The molecule has 0 spiro atoms. The molecule has 1 aliphatic heterocycles. The van der Waals surface area contributed by atoms with Gasteiger partial charge >= 0.3 is 0 Å². The SMILES string of the molecule is CC(C)(C)Nc1nccc(Nc2ccc(O)cc2)n1.COc1cccc(Nc2ccnc(NC(C)(C)C)n2)c1.Cc1cnc(NC(C)(C)C)nc1Nc1ccc2c(c1)OCO2.Cc1cnc(NC(C)(C)C)nc1Nc1cccc(O)c1. The van der Waals surface area contributed by atoms with E-state index in [1.165, 1.54) is 0 Å². The Morgan fingerprint density at radius 2 is 0.864 bits per heavy atom. The largest absolute Gasteiger partial charge is 0.508 e. The van der Waals surface area contributed by atoms with Gasteiger partial charge in [0, 0.05) is 99.0 Å². The highest BCUT2D eigenvalue weighted by Crippen LogP contribution is 2.35. The molecule has 0 atom stereocenters. The van der Waals surface area contributed by atoms with Crippen LogP contribution in [0.5, 0.6) is 28.7 Å². The number of anilines is 12. The van der Waals surface area contributed by atoms with Crippen molar-refractivity contribution in [3.63, 3.8) is 0 Å². The van der Waals surface area contributed by atoms with E-state index in [4.69, 9.17) is 14.2 Å². The van der Waals surface area contributed by atoms with E-state index >= 15 is 0 Å². The molecule has 428 valence electrons. The van der Waals surface area contributed by atoms with Crippen LogP contribution in [0.25, 0.3) is 0 Å². The monoisotopic (exact) mass is 1100 g/mol. The van der Waals surface area contributed by atoms with Crippen LogP contribution in [0.15, 0.2) is 128 Å². The molecule has 21 nitrogen and oxygen atoms in total. The first-order valence-electron chi connectivity index (χ1n) is 26.3. The average Bonchev–Trinajstić information content (AvgIpc) is 3.84.